The topological polar surface area (TPSA) is 55.8 Å². The molecule has 0 fully saturated rings. The third-order valence-corrected chi connectivity index (χ3v) is 3.14. The molecule has 0 aliphatic rings. The first-order valence-electron chi connectivity index (χ1n) is 8.78. The van der Waals surface area contributed by atoms with Gasteiger partial charge < -0.3 is 14.6 Å². The Labute approximate surface area is 140 Å². The molecular weight excluding hydrogens is 292 g/mol. The van der Waals surface area contributed by atoms with Gasteiger partial charge in [0.1, 0.15) is 5.75 Å². The van der Waals surface area contributed by atoms with Crippen LogP contribution in [0.25, 0.3) is 0 Å². The van der Waals surface area contributed by atoms with E-state index < -0.39 is 0 Å². The second-order valence-electron chi connectivity index (χ2n) is 5.00. The lowest BCUT2D eigenvalue weighted by atomic mass is 10.2. The predicted octanol–water partition coefficient (Wildman–Crippen LogP) is 4.60. The molecule has 0 unspecified atom stereocenters. The van der Waals surface area contributed by atoms with E-state index in [4.69, 9.17) is 14.6 Å². The maximum atomic E-state index is 11.7. The highest BCUT2D eigenvalue weighted by molar-refractivity contribution is 5.89. The minimum Gasteiger partial charge on any atom is -0.494 e. The molecule has 1 rings (SSSR count). The van der Waals surface area contributed by atoms with Crippen molar-refractivity contribution in [2.75, 3.05) is 19.8 Å². The van der Waals surface area contributed by atoms with Crippen molar-refractivity contribution in [3.8, 4) is 5.75 Å². The summed E-state index contributed by atoms with van der Waals surface area (Å²) < 4.78 is 10.7. The van der Waals surface area contributed by atoms with E-state index in [0.717, 1.165) is 12.2 Å². The molecule has 0 aliphatic carbocycles. The van der Waals surface area contributed by atoms with E-state index in [0.29, 0.717) is 31.6 Å². The molecule has 4 heteroatoms. The number of carbonyl (C=O) groups excluding carboxylic acids is 1. The summed E-state index contributed by atoms with van der Waals surface area (Å²) in [6, 6.07) is 7.03. The zero-order valence-electron chi connectivity index (χ0n) is 14.8. The summed E-state index contributed by atoms with van der Waals surface area (Å²) in [4.78, 5) is 11.7. The molecule has 0 bridgehead atoms. The van der Waals surface area contributed by atoms with Gasteiger partial charge in [-0.3, -0.25) is 0 Å². The van der Waals surface area contributed by atoms with Crippen LogP contribution in [0.1, 0.15) is 69.7 Å². The summed E-state index contributed by atoms with van der Waals surface area (Å²) in [5, 5.41) is 8.64. The lowest BCUT2D eigenvalue weighted by Crippen LogP contribution is -2.07. The molecule has 0 aliphatic heterocycles. The molecule has 0 spiro atoms. The number of esters is 1. The Morgan fingerprint density at radius 1 is 0.957 bits per heavy atom. The molecule has 0 saturated heterocycles. The van der Waals surface area contributed by atoms with Gasteiger partial charge in [-0.05, 0) is 43.5 Å². The van der Waals surface area contributed by atoms with Crippen molar-refractivity contribution in [2.24, 2.45) is 0 Å². The first kappa shape index (κ1) is 21.4. The van der Waals surface area contributed by atoms with E-state index in [-0.39, 0.29) is 12.6 Å². The summed E-state index contributed by atoms with van der Waals surface area (Å²) in [6.07, 6.45) is 6.04. The van der Waals surface area contributed by atoms with Gasteiger partial charge in [0.25, 0.3) is 0 Å². The highest BCUT2D eigenvalue weighted by atomic mass is 16.5. The molecule has 23 heavy (non-hydrogen) atoms. The first-order chi connectivity index (χ1) is 11.3. The Bertz CT molecular complexity index is 387. The third kappa shape index (κ3) is 10.7. The van der Waals surface area contributed by atoms with E-state index in [2.05, 4.69) is 6.92 Å². The van der Waals surface area contributed by atoms with Crippen molar-refractivity contribution in [3.05, 3.63) is 29.8 Å². The molecule has 0 heterocycles. The Balaban J connectivity index is 0.00000232. The smallest absolute Gasteiger partial charge is 0.338 e. The number of hydrogen-bond donors (Lipinski definition) is 1. The molecule has 0 saturated carbocycles. The molecule has 1 N–H and O–H groups in total. The Kier molecular flexibility index (Phi) is 14.3. The lowest BCUT2D eigenvalue weighted by molar-refractivity contribution is 0.0492. The number of rotatable bonds is 11. The van der Waals surface area contributed by atoms with Crippen LogP contribution < -0.4 is 4.74 Å². The van der Waals surface area contributed by atoms with Crippen molar-refractivity contribution in [2.45, 2.75) is 59.3 Å². The van der Waals surface area contributed by atoms with Gasteiger partial charge in [-0.2, -0.15) is 0 Å². The normalized spacial score (nSPS) is 9.74. The van der Waals surface area contributed by atoms with E-state index in [1.807, 2.05) is 13.8 Å². The number of carbonyl (C=O) groups is 1. The average Bonchev–Trinajstić information content (AvgIpc) is 2.60. The second-order valence-corrected chi connectivity index (χ2v) is 5.00. The van der Waals surface area contributed by atoms with Crippen LogP contribution in [0.5, 0.6) is 5.75 Å². The van der Waals surface area contributed by atoms with Crippen LogP contribution in [0.4, 0.5) is 0 Å². The predicted molar refractivity (Wildman–Crippen MR) is 94.0 cm³/mol. The molecule has 0 amide bonds. The molecule has 0 radical (unpaired) electrons. The number of aliphatic hydroxyl groups is 1. The highest BCUT2D eigenvalue weighted by Crippen LogP contribution is 2.14. The van der Waals surface area contributed by atoms with Crippen LogP contribution in [0.2, 0.25) is 0 Å². The third-order valence-electron chi connectivity index (χ3n) is 3.14. The summed E-state index contributed by atoms with van der Waals surface area (Å²) in [7, 11) is 0. The van der Waals surface area contributed by atoms with Crippen molar-refractivity contribution < 1.29 is 19.4 Å². The van der Waals surface area contributed by atoms with Gasteiger partial charge in [0, 0.05) is 6.61 Å². The zero-order chi connectivity index (χ0) is 17.3. The molecular formula is C19H32O4. The Hall–Kier alpha value is -1.55. The van der Waals surface area contributed by atoms with Gasteiger partial charge in [0.2, 0.25) is 0 Å². The number of hydrogen-bond acceptors (Lipinski definition) is 4. The molecule has 4 nitrogen and oxygen atoms in total. The summed E-state index contributed by atoms with van der Waals surface area (Å²) in [5.74, 6) is 0.450. The van der Waals surface area contributed by atoms with Gasteiger partial charge in [0.05, 0.1) is 18.8 Å². The van der Waals surface area contributed by atoms with Crippen LogP contribution in [0, 0.1) is 0 Å². The highest BCUT2D eigenvalue weighted by Gasteiger charge is 2.06. The minimum absolute atomic E-state index is 0.127. The standard InChI is InChI=1S/C17H26O4.C2H6/c1-2-3-4-6-13-20-16-10-8-15(9-11-16)17(19)21-14-7-5-12-18;1-2/h8-11,18H,2-7,12-14H2,1H3;1-2H3. The maximum Gasteiger partial charge on any atom is 0.338 e. The van der Waals surface area contributed by atoms with Crippen LogP contribution in [0.3, 0.4) is 0 Å². The quantitative estimate of drug-likeness (QED) is 0.477. The van der Waals surface area contributed by atoms with Crippen molar-refractivity contribution >= 4 is 5.97 Å². The van der Waals surface area contributed by atoms with E-state index in [1.165, 1.54) is 19.3 Å². The van der Waals surface area contributed by atoms with Gasteiger partial charge in [-0.25, -0.2) is 4.79 Å². The van der Waals surface area contributed by atoms with E-state index >= 15 is 0 Å². The molecule has 1 aromatic carbocycles. The molecule has 132 valence electrons. The second kappa shape index (κ2) is 15.3. The monoisotopic (exact) mass is 324 g/mol. The average molecular weight is 324 g/mol. The molecule has 0 atom stereocenters. The Morgan fingerprint density at radius 2 is 1.61 bits per heavy atom. The van der Waals surface area contributed by atoms with Gasteiger partial charge in [0.15, 0.2) is 0 Å². The van der Waals surface area contributed by atoms with Crippen molar-refractivity contribution in [1.29, 1.82) is 0 Å². The minimum atomic E-state index is -0.331. The lowest BCUT2D eigenvalue weighted by Gasteiger charge is -2.07. The SMILES string of the molecule is CC.CCCCCCOc1ccc(C(=O)OCCCCO)cc1. The first-order valence-corrected chi connectivity index (χ1v) is 8.78. The summed E-state index contributed by atoms with van der Waals surface area (Å²) >= 11 is 0. The van der Waals surface area contributed by atoms with Crippen LogP contribution in [-0.2, 0) is 4.74 Å². The van der Waals surface area contributed by atoms with Gasteiger partial charge >= 0.3 is 5.97 Å². The number of unbranched alkanes of at least 4 members (excludes halogenated alkanes) is 4. The summed E-state index contributed by atoms with van der Waals surface area (Å²) in [6.45, 7) is 7.37. The fourth-order valence-corrected chi connectivity index (χ4v) is 1.87. The van der Waals surface area contributed by atoms with E-state index in [9.17, 15) is 4.79 Å². The zero-order valence-corrected chi connectivity index (χ0v) is 14.8. The van der Waals surface area contributed by atoms with Gasteiger partial charge in [-0.1, -0.05) is 40.0 Å². The molecule has 1 aromatic rings. The van der Waals surface area contributed by atoms with Crippen LogP contribution in [-0.4, -0.2) is 30.9 Å². The van der Waals surface area contributed by atoms with Crippen molar-refractivity contribution in [3.63, 3.8) is 0 Å². The molecule has 0 aromatic heterocycles. The fraction of sp³-hybridized carbons (Fsp3) is 0.632. The van der Waals surface area contributed by atoms with Crippen molar-refractivity contribution in [1.82, 2.24) is 0 Å². The fourth-order valence-electron chi connectivity index (χ4n) is 1.87. The van der Waals surface area contributed by atoms with Crippen LogP contribution >= 0.6 is 0 Å². The number of aliphatic hydroxyl groups excluding tert-OH is 1. The van der Waals surface area contributed by atoms with Gasteiger partial charge in [-0.15, -0.1) is 0 Å². The van der Waals surface area contributed by atoms with E-state index in [1.54, 1.807) is 24.3 Å². The summed E-state index contributed by atoms with van der Waals surface area (Å²) in [5.41, 5.74) is 0.525. The number of ether oxygens (including phenoxy) is 2. The maximum absolute atomic E-state index is 11.7. The van der Waals surface area contributed by atoms with Crippen LogP contribution in [0.15, 0.2) is 24.3 Å². The number of benzene rings is 1. The largest absolute Gasteiger partial charge is 0.494 e. The Morgan fingerprint density at radius 3 is 2.22 bits per heavy atom.